The van der Waals surface area contributed by atoms with Gasteiger partial charge in [-0.3, -0.25) is 4.72 Å². The molecule has 0 saturated heterocycles. The van der Waals surface area contributed by atoms with Crippen LogP contribution in [0, 0.1) is 5.82 Å². The fraction of sp³-hybridized carbons (Fsp3) is 0.167. The number of thiophene rings is 1. The number of halogens is 1. The van der Waals surface area contributed by atoms with Gasteiger partial charge >= 0.3 is 5.97 Å². The summed E-state index contributed by atoms with van der Waals surface area (Å²) in [5.41, 5.74) is 0.157. The molecule has 0 aliphatic heterocycles. The van der Waals surface area contributed by atoms with Crippen LogP contribution in [0.25, 0.3) is 10.1 Å². The largest absolute Gasteiger partial charge is 0.493 e. The highest BCUT2D eigenvalue weighted by molar-refractivity contribution is 7.93. The van der Waals surface area contributed by atoms with Gasteiger partial charge in [-0.25, -0.2) is 17.6 Å². The predicted molar refractivity (Wildman–Crippen MR) is 103 cm³/mol. The summed E-state index contributed by atoms with van der Waals surface area (Å²) in [6, 6.07) is 8.49. The highest BCUT2D eigenvalue weighted by Crippen LogP contribution is 2.38. The first kappa shape index (κ1) is 19.9. The highest BCUT2D eigenvalue weighted by atomic mass is 32.2. The standard InChI is InChI=1S/C18H16FNO6S2/c1-24-12-8-7-10(9-13(12)25-2)20-28(22,23)17-15-11(19)5-4-6-14(15)27-16(17)18(21)26-3/h4-9,20H,1-3H3. The molecule has 0 aliphatic carbocycles. The Morgan fingerprint density at radius 2 is 1.79 bits per heavy atom. The smallest absolute Gasteiger partial charge is 0.349 e. The molecular weight excluding hydrogens is 409 g/mol. The van der Waals surface area contributed by atoms with Crippen LogP contribution in [0.1, 0.15) is 9.67 Å². The second-order valence-electron chi connectivity index (χ2n) is 5.54. The van der Waals surface area contributed by atoms with E-state index < -0.39 is 26.7 Å². The summed E-state index contributed by atoms with van der Waals surface area (Å²) in [5, 5.41) is -0.166. The lowest BCUT2D eigenvalue weighted by molar-refractivity contribution is 0.0602. The molecule has 0 fully saturated rings. The fourth-order valence-electron chi connectivity index (χ4n) is 2.67. The molecule has 0 aliphatic rings. The number of ether oxygens (including phenoxy) is 3. The number of anilines is 1. The average molecular weight is 425 g/mol. The molecule has 1 N–H and O–H groups in total. The van der Waals surface area contributed by atoms with Gasteiger partial charge in [0.1, 0.15) is 15.6 Å². The molecule has 1 aromatic heterocycles. The summed E-state index contributed by atoms with van der Waals surface area (Å²) in [4.78, 5) is 11.5. The third-order valence-electron chi connectivity index (χ3n) is 3.90. The van der Waals surface area contributed by atoms with Crippen molar-refractivity contribution < 1.29 is 31.8 Å². The van der Waals surface area contributed by atoms with Crippen molar-refractivity contribution in [3.05, 3.63) is 47.1 Å². The van der Waals surface area contributed by atoms with Crippen LogP contribution in [0.4, 0.5) is 10.1 Å². The summed E-state index contributed by atoms with van der Waals surface area (Å²) in [6.45, 7) is 0. The minimum absolute atomic E-state index is 0.157. The summed E-state index contributed by atoms with van der Waals surface area (Å²) < 4.78 is 58.2. The van der Waals surface area contributed by atoms with Gasteiger partial charge in [0.15, 0.2) is 11.5 Å². The number of methoxy groups -OCH3 is 3. The summed E-state index contributed by atoms with van der Waals surface area (Å²) >= 11 is 0.844. The van der Waals surface area contributed by atoms with Crippen molar-refractivity contribution >= 4 is 43.1 Å². The van der Waals surface area contributed by atoms with Crippen LogP contribution in [0.5, 0.6) is 11.5 Å². The second kappa shape index (κ2) is 7.64. The fourth-order valence-corrected chi connectivity index (χ4v) is 5.56. The summed E-state index contributed by atoms with van der Waals surface area (Å²) in [5.74, 6) is -0.908. The van der Waals surface area contributed by atoms with Crippen molar-refractivity contribution in [1.29, 1.82) is 0 Å². The molecule has 10 heteroatoms. The molecule has 0 saturated carbocycles. The lowest BCUT2D eigenvalue weighted by Gasteiger charge is -2.12. The van der Waals surface area contributed by atoms with Gasteiger partial charge in [-0.15, -0.1) is 11.3 Å². The molecule has 3 rings (SSSR count). The van der Waals surface area contributed by atoms with E-state index in [1.807, 2.05) is 0 Å². The molecule has 0 amide bonds. The van der Waals surface area contributed by atoms with Crippen LogP contribution in [0.3, 0.4) is 0 Å². The molecule has 3 aromatic rings. The number of carbonyl (C=O) groups is 1. The first-order valence-corrected chi connectivity index (χ1v) is 10.2. The molecular formula is C18H16FNO6S2. The zero-order chi connectivity index (χ0) is 20.5. The molecule has 7 nitrogen and oxygen atoms in total. The molecule has 0 unspecified atom stereocenters. The third kappa shape index (κ3) is 3.48. The van der Waals surface area contributed by atoms with E-state index in [0.29, 0.717) is 16.2 Å². The number of rotatable bonds is 6. The maximum absolute atomic E-state index is 14.4. The van der Waals surface area contributed by atoms with E-state index in [2.05, 4.69) is 9.46 Å². The Hall–Kier alpha value is -2.85. The Bertz CT molecular complexity index is 1160. The first-order valence-electron chi connectivity index (χ1n) is 7.86. The maximum atomic E-state index is 14.4. The van der Waals surface area contributed by atoms with Gasteiger partial charge in [-0.05, 0) is 24.3 Å². The van der Waals surface area contributed by atoms with Crippen LogP contribution < -0.4 is 14.2 Å². The van der Waals surface area contributed by atoms with E-state index in [4.69, 9.17) is 9.47 Å². The molecule has 148 valence electrons. The van der Waals surface area contributed by atoms with Crippen LogP contribution >= 0.6 is 11.3 Å². The van der Waals surface area contributed by atoms with Crippen LogP contribution in [0.2, 0.25) is 0 Å². The van der Waals surface area contributed by atoms with Crippen molar-refractivity contribution in [3.63, 3.8) is 0 Å². The van der Waals surface area contributed by atoms with E-state index in [1.54, 1.807) is 0 Å². The lowest BCUT2D eigenvalue weighted by atomic mass is 10.2. The topological polar surface area (TPSA) is 90.9 Å². The van der Waals surface area contributed by atoms with Crippen molar-refractivity contribution in [1.82, 2.24) is 0 Å². The van der Waals surface area contributed by atoms with Gasteiger partial charge in [-0.1, -0.05) is 6.07 Å². The number of benzene rings is 2. The lowest BCUT2D eigenvalue weighted by Crippen LogP contribution is -2.16. The van der Waals surface area contributed by atoms with E-state index in [9.17, 15) is 17.6 Å². The number of sulfonamides is 1. The van der Waals surface area contributed by atoms with Crippen LogP contribution in [-0.2, 0) is 14.8 Å². The van der Waals surface area contributed by atoms with E-state index in [0.717, 1.165) is 24.5 Å². The van der Waals surface area contributed by atoms with Crippen LogP contribution in [-0.4, -0.2) is 35.7 Å². The zero-order valence-electron chi connectivity index (χ0n) is 15.1. The van der Waals surface area contributed by atoms with E-state index in [1.165, 1.54) is 44.6 Å². The normalized spacial score (nSPS) is 11.3. The Balaban J connectivity index is 2.16. The van der Waals surface area contributed by atoms with Crippen molar-refractivity contribution in [2.45, 2.75) is 4.90 Å². The summed E-state index contributed by atoms with van der Waals surface area (Å²) in [6.07, 6.45) is 0. The zero-order valence-corrected chi connectivity index (χ0v) is 16.7. The Morgan fingerprint density at radius 3 is 2.43 bits per heavy atom. The molecule has 28 heavy (non-hydrogen) atoms. The van der Waals surface area contributed by atoms with E-state index >= 15 is 0 Å². The minimum Gasteiger partial charge on any atom is -0.493 e. The summed E-state index contributed by atoms with van der Waals surface area (Å²) in [7, 11) is -0.341. The number of fused-ring (bicyclic) bond motifs is 1. The number of hydrogen-bond acceptors (Lipinski definition) is 7. The SMILES string of the molecule is COC(=O)c1sc2cccc(F)c2c1S(=O)(=O)Nc1ccc(OC)c(OC)c1. The van der Waals surface area contributed by atoms with Gasteiger partial charge in [0.2, 0.25) is 0 Å². The predicted octanol–water partition coefficient (Wildman–Crippen LogP) is 3.65. The van der Waals surface area contributed by atoms with Gasteiger partial charge in [0, 0.05) is 16.2 Å². The molecule has 2 aromatic carbocycles. The molecule has 0 atom stereocenters. The quantitative estimate of drug-likeness (QED) is 0.607. The van der Waals surface area contributed by atoms with Crippen molar-refractivity contribution in [3.8, 4) is 11.5 Å². The second-order valence-corrected chi connectivity index (χ2v) is 8.21. The first-order chi connectivity index (χ1) is 13.3. The monoisotopic (exact) mass is 425 g/mol. The number of nitrogens with one attached hydrogen (secondary N) is 1. The maximum Gasteiger partial charge on any atom is 0.349 e. The molecule has 0 spiro atoms. The number of hydrogen-bond donors (Lipinski definition) is 1. The van der Waals surface area contributed by atoms with Gasteiger partial charge in [0.05, 0.1) is 27.0 Å². The number of esters is 1. The van der Waals surface area contributed by atoms with Gasteiger partial charge in [-0.2, -0.15) is 0 Å². The molecule has 0 radical (unpaired) electrons. The van der Waals surface area contributed by atoms with Gasteiger partial charge < -0.3 is 14.2 Å². The molecule has 0 bridgehead atoms. The third-order valence-corrected chi connectivity index (χ3v) is 6.61. The Kier molecular flexibility index (Phi) is 5.43. The average Bonchev–Trinajstić information content (AvgIpc) is 3.09. The van der Waals surface area contributed by atoms with Gasteiger partial charge in [0.25, 0.3) is 10.0 Å². The van der Waals surface area contributed by atoms with Crippen LogP contribution in [0.15, 0.2) is 41.3 Å². The van der Waals surface area contributed by atoms with Crippen molar-refractivity contribution in [2.24, 2.45) is 0 Å². The Labute approximate surface area is 164 Å². The number of carbonyl (C=O) groups excluding carboxylic acids is 1. The minimum atomic E-state index is -4.33. The van der Waals surface area contributed by atoms with Crippen molar-refractivity contribution in [2.75, 3.05) is 26.1 Å². The Morgan fingerprint density at radius 1 is 1.07 bits per heavy atom. The molecule has 1 heterocycles. The van der Waals surface area contributed by atoms with E-state index in [-0.39, 0.29) is 16.0 Å². The highest BCUT2D eigenvalue weighted by Gasteiger charge is 2.31.